The third-order valence-corrected chi connectivity index (χ3v) is 4.20. The van der Waals surface area contributed by atoms with Crippen molar-refractivity contribution in [3.05, 3.63) is 36.1 Å². The van der Waals surface area contributed by atoms with Crippen molar-refractivity contribution in [3.63, 3.8) is 0 Å². The van der Waals surface area contributed by atoms with Crippen LogP contribution in [0.5, 0.6) is 0 Å². The van der Waals surface area contributed by atoms with Gasteiger partial charge < -0.3 is 9.73 Å². The first-order valence-corrected chi connectivity index (χ1v) is 7.47. The van der Waals surface area contributed by atoms with Crippen LogP contribution in [-0.2, 0) is 0 Å². The van der Waals surface area contributed by atoms with Crippen LogP contribution in [0.1, 0.15) is 42.7 Å². The average molecular weight is 282 g/mol. The molecular formula is C17H18N2O2. The number of benzene rings is 1. The van der Waals surface area contributed by atoms with Crippen LogP contribution in [0.4, 0.5) is 0 Å². The van der Waals surface area contributed by atoms with Gasteiger partial charge in [-0.15, -0.1) is 0 Å². The van der Waals surface area contributed by atoms with E-state index in [0.29, 0.717) is 5.58 Å². The van der Waals surface area contributed by atoms with Gasteiger partial charge in [0.25, 0.3) is 5.91 Å². The molecule has 0 bridgehead atoms. The number of carbonyl (C=O) groups is 1. The maximum absolute atomic E-state index is 12.3. The Morgan fingerprint density at radius 3 is 2.76 bits per heavy atom. The molecule has 1 aromatic heterocycles. The summed E-state index contributed by atoms with van der Waals surface area (Å²) >= 11 is 0. The van der Waals surface area contributed by atoms with Crippen LogP contribution in [0.3, 0.4) is 0 Å². The highest BCUT2D eigenvalue weighted by Crippen LogP contribution is 2.26. The summed E-state index contributed by atoms with van der Waals surface area (Å²) in [5.74, 6) is 0.229. The van der Waals surface area contributed by atoms with Crippen LogP contribution in [0.2, 0.25) is 0 Å². The molecule has 2 aromatic rings. The van der Waals surface area contributed by atoms with Gasteiger partial charge in [0.2, 0.25) is 0 Å². The standard InChI is InChI=1S/C17H18N2O2/c18-11-14(12-6-2-1-3-7-12)19-17(20)16-10-13-8-4-5-9-15(13)21-16/h4-5,8-10,12,14H,1-3,6-7H2,(H,19,20). The molecule has 1 aromatic carbocycles. The van der Waals surface area contributed by atoms with Gasteiger partial charge in [-0.25, -0.2) is 0 Å². The number of amides is 1. The molecule has 0 radical (unpaired) electrons. The quantitative estimate of drug-likeness (QED) is 0.934. The van der Waals surface area contributed by atoms with Crippen molar-refractivity contribution in [3.8, 4) is 6.07 Å². The lowest BCUT2D eigenvalue weighted by atomic mass is 9.84. The fraction of sp³-hybridized carbons (Fsp3) is 0.412. The Bertz CT molecular complexity index is 644. The third kappa shape index (κ3) is 2.92. The molecule has 1 saturated carbocycles. The molecule has 4 nitrogen and oxygen atoms in total. The Kier molecular flexibility index (Phi) is 3.92. The molecule has 1 atom stereocenters. The highest BCUT2D eigenvalue weighted by molar-refractivity contribution is 5.96. The molecule has 1 amide bonds. The fourth-order valence-electron chi connectivity index (χ4n) is 3.03. The third-order valence-electron chi connectivity index (χ3n) is 4.20. The van der Waals surface area contributed by atoms with E-state index in [1.165, 1.54) is 6.42 Å². The Hall–Kier alpha value is -2.28. The number of nitrogens with zero attached hydrogens (tertiary/aromatic N) is 1. The van der Waals surface area contributed by atoms with Gasteiger partial charge in [0.05, 0.1) is 6.07 Å². The monoisotopic (exact) mass is 282 g/mol. The highest BCUT2D eigenvalue weighted by Gasteiger charge is 2.26. The summed E-state index contributed by atoms with van der Waals surface area (Å²) in [4.78, 5) is 12.3. The minimum atomic E-state index is -0.425. The van der Waals surface area contributed by atoms with Crippen molar-refractivity contribution in [2.75, 3.05) is 0 Å². The molecule has 1 fully saturated rings. The van der Waals surface area contributed by atoms with Crippen molar-refractivity contribution in [2.24, 2.45) is 5.92 Å². The van der Waals surface area contributed by atoms with Gasteiger partial charge in [0, 0.05) is 5.39 Å². The zero-order valence-corrected chi connectivity index (χ0v) is 11.8. The second-order valence-electron chi connectivity index (χ2n) is 5.63. The summed E-state index contributed by atoms with van der Waals surface area (Å²) in [5.41, 5.74) is 0.689. The van der Waals surface area contributed by atoms with Gasteiger partial charge in [0.1, 0.15) is 11.6 Å². The van der Waals surface area contributed by atoms with Crippen LogP contribution in [-0.4, -0.2) is 11.9 Å². The van der Waals surface area contributed by atoms with E-state index in [1.807, 2.05) is 24.3 Å². The van der Waals surface area contributed by atoms with Crippen molar-refractivity contribution in [1.29, 1.82) is 5.26 Å². The van der Waals surface area contributed by atoms with E-state index in [2.05, 4.69) is 11.4 Å². The van der Waals surface area contributed by atoms with Crippen LogP contribution in [0, 0.1) is 17.2 Å². The number of para-hydroxylation sites is 1. The van der Waals surface area contributed by atoms with Gasteiger partial charge in [-0.1, -0.05) is 37.5 Å². The number of nitriles is 1. The van der Waals surface area contributed by atoms with Crippen molar-refractivity contribution in [1.82, 2.24) is 5.32 Å². The fourth-order valence-corrected chi connectivity index (χ4v) is 3.03. The number of rotatable bonds is 3. The Morgan fingerprint density at radius 1 is 1.29 bits per heavy atom. The summed E-state index contributed by atoms with van der Waals surface area (Å²) < 4.78 is 5.54. The van der Waals surface area contributed by atoms with Crippen LogP contribution < -0.4 is 5.32 Å². The molecule has 0 aliphatic heterocycles. The van der Waals surface area contributed by atoms with E-state index in [0.717, 1.165) is 31.1 Å². The number of hydrogen-bond donors (Lipinski definition) is 1. The van der Waals surface area contributed by atoms with E-state index < -0.39 is 6.04 Å². The van der Waals surface area contributed by atoms with E-state index >= 15 is 0 Å². The Morgan fingerprint density at radius 2 is 2.05 bits per heavy atom. The van der Waals surface area contributed by atoms with E-state index in [9.17, 15) is 10.1 Å². The van der Waals surface area contributed by atoms with Crippen LogP contribution >= 0.6 is 0 Å². The molecule has 1 N–H and O–H groups in total. The summed E-state index contributed by atoms with van der Waals surface area (Å²) in [6.45, 7) is 0. The lowest BCUT2D eigenvalue weighted by Gasteiger charge is -2.25. The minimum absolute atomic E-state index is 0.261. The first-order valence-electron chi connectivity index (χ1n) is 7.47. The van der Waals surface area contributed by atoms with Gasteiger partial charge >= 0.3 is 0 Å². The summed E-state index contributed by atoms with van der Waals surface area (Å²) in [6.07, 6.45) is 5.54. The normalized spacial score (nSPS) is 17.3. The van der Waals surface area contributed by atoms with Crippen molar-refractivity contribution < 1.29 is 9.21 Å². The number of furan rings is 1. The second kappa shape index (κ2) is 6.01. The highest BCUT2D eigenvalue weighted by atomic mass is 16.3. The number of hydrogen-bond acceptors (Lipinski definition) is 3. The van der Waals surface area contributed by atoms with E-state index in [4.69, 9.17) is 4.42 Å². The molecule has 1 heterocycles. The molecule has 4 heteroatoms. The van der Waals surface area contributed by atoms with Gasteiger partial charge in [-0.05, 0) is 30.9 Å². The number of nitrogens with one attached hydrogen (secondary N) is 1. The molecule has 108 valence electrons. The van der Waals surface area contributed by atoms with E-state index in [-0.39, 0.29) is 17.6 Å². The summed E-state index contributed by atoms with van der Waals surface area (Å²) in [6, 6.07) is 11.0. The molecular weight excluding hydrogens is 264 g/mol. The Balaban J connectivity index is 1.73. The summed E-state index contributed by atoms with van der Waals surface area (Å²) in [5, 5.41) is 13.0. The number of carbonyl (C=O) groups excluding carboxylic acids is 1. The predicted molar refractivity (Wildman–Crippen MR) is 79.7 cm³/mol. The lowest BCUT2D eigenvalue weighted by Crippen LogP contribution is -2.39. The molecule has 0 spiro atoms. The summed E-state index contributed by atoms with van der Waals surface area (Å²) in [7, 11) is 0. The molecule has 1 aliphatic rings. The van der Waals surface area contributed by atoms with Crippen molar-refractivity contribution >= 4 is 16.9 Å². The minimum Gasteiger partial charge on any atom is -0.451 e. The number of fused-ring (bicyclic) bond motifs is 1. The first-order chi connectivity index (χ1) is 10.3. The molecule has 0 saturated heterocycles. The van der Waals surface area contributed by atoms with Crippen molar-refractivity contribution in [2.45, 2.75) is 38.1 Å². The largest absolute Gasteiger partial charge is 0.451 e. The first kappa shape index (κ1) is 13.7. The Labute approximate surface area is 123 Å². The zero-order valence-electron chi connectivity index (χ0n) is 11.8. The molecule has 1 unspecified atom stereocenters. The lowest BCUT2D eigenvalue weighted by molar-refractivity contribution is 0.0903. The molecule has 21 heavy (non-hydrogen) atoms. The second-order valence-corrected chi connectivity index (χ2v) is 5.63. The topological polar surface area (TPSA) is 66.0 Å². The SMILES string of the molecule is N#CC(NC(=O)c1cc2ccccc2o1)C1CCCCC1. The predicted octanol–water partition coefficient (Wildman–Crippen LogP) is 3.64. The van der Waals surface area contributed by atoms with Gasteiger partial charge in [-0.2, -0.15) is 5.26 Å². The van der Waals surface area contributed by atoms with Crippen LogP contribution in [0.25, 0.3) is 11.0 Å². The molecule has 3 rings (SSSR count). The van der Waals surface area contributed by atoms with Gasteiger partial charge in [-0.3, -0.25) is 4.79 Å². The maximum Gasteiger partial charge on any atom is 0.288 e. The average Bonchev–Trinajstić information content (AvgIpc) is 2.97. The molecule has 1 aliphatic carbocycles. The van der Waals surface area contributed by atoms with Gasteiger partial charge in [0.15, 0.2) is 5.76 Å². The van der Waals surface area contributed by atoms with Crippen LogP contribution in [0.15, 0.2) is 34.7 Å². The smallest absolute Gasteiger partial charge is 0.288 e. The zero-order chi connectivity index (χ0) is 14.7. The van der Waals surface area contributed by atoms with E-state index in [1.54, 1.807) is 6.07 Å². The maximum atomic E-state index is 12.3.